The Kier molecular flexibility index (Phi) is 49.8. The van der Waals surface area contributed by atoms with Crippen molar-refractivity contribution in [1.82, 2.24) is 5.32 Å². The first kappa shape index (κ1) is 58.1. The van der Waals surface area contributed by atoms with Gasteiger partial charge in [0, 0.05) is 6.42 Å². The fourth-order valence-electron chi connectivity index (χ4n) is 7.99. The van der Waals surface area contributed by atoms with Crippen LogP contribution in [-0.4, -0.2) is 34.9 Å². The predicted octanol–water partition coefficient (Wildman–Crippen LogP) is 17.2. The number of amides is 1. The largest absolute Gasteiger partial charge is 0.394 e. The van der Waals surface area contributed by atoms with Crippen LogP contribution in [0.15, 0.2) is 60.8 Å². The SMILES string of the molecule is CC/C=C\C/C=C\C/C=C\C/C=C\CCCCC(=O)NC(CO)C(O)/C=C/CCCCCCCCCCCCCCCCCCCCCCCCCCCCCCCCC. The van der Waals surface area contributed by atoms with Crippen LogP contribution < -0.4 is 5.32 Å². The van der Waals surface area contributed by atoms with Crippen LogP contribution >= 0.6 is 0 Å². The molecule has 0 aromatic heterocycles. The van der Waals surface area contributed by atoms with E-state index in [-0.39, 0.29) is 12.5 Å². The molecule has 60 heavy (non-hydrogen) atoms. The third-order valence-electron chi connectivity index (χ3n) is 12.0. The molecular weight excluding hydrogens is 735 g/mol. The number of aliphatic hydroxyl groups is 2. The minimum absolute atomic E-state index is 0.104. The highest BCUT2D eigenvalue weighted by Gasteiger charge is 2.17. The van der Waals surface area contributed by atoms with Gasteiger partial charge < -0.3 is 15.5 Å². The third kappa shape index (κ3) is 47.1. The summed E-state index contributed by atoms with van der Waals surface area (Å²) in [4.78, 5) is 12.4. The van der Waals surface area contributed by atoms with E-state index in [2.05, 4.69) is 67.8 Å². The van der Waals surface area contributed by atoms with Crippen LogP contribution in [0.1, 0.15) is 271 Å². The average molecular weight is 838 g/mol. The van der Waals surface area contributed by atoms with Crippen molar-refractivity contribution in [3.05, 3.63) is 60.8 Å². The van der Waals surface area contributed by atoms with Crippen LogP contribution in [0.3, 0.4) is 0 Å². The lowest BCUT2D eigenvalue weighted by molar-refractivity contribution is -0.123. The van der Waals surface area contributed by atoms with Gasteiger partial charge in [-0.3, -0.25) is 4.79 Å². The van der Waals surface area contributed by atoms with Crippen LogP contribution in [0.4, 0.5) is 0 Å². The highest BCUT2D eigenvalue weighted by atomic mass is 16.3. The molecule has 0 aliphatic heterocycles. The zero-order valence-electron chi connectivity index (χ0n) is 40.2. The van der Waals surface area contributed by atoms with E-state index < -0.39 is 12.1 Å². The van der Waals surface area contributed by atoms with Crippen molar-refractivity contribution in [2.24, 2.45) is 0 Å². The highest BCUT2D eigenvalue weighted by molar-refractivity contribution is 5.76. The Hall–Kier alpha value is -1.91. The average Bonchev–Trinajstić information content (AvgIpc) is 3.25. The summed E-state index contributed by atoms with van der Waals surface area (Å²) in [6.07, 6.45) is 72.5. The summed E-state index contributed by atoms with van der Waals surface area (Å²) in [7, 11) is 0. The van der Waals surface area contributed by atoms with Crippen molar-refractivity contribution in [3.63, 3.8) is 0 Å². The van der Waals surface area contributed by atoms with Gasteiger partial charge in [0.2, 0.25) is 5.91 Å². The maximum Gasteiger partial charge on any atom is 0.220 e. The molecule has 2 atom stereocenters. The van der Waals surface area contributed by atoms with E-state index in [0.29, 0.717) is 6.42 Å². The first-order valence-corrected chi connectivity index (χ1v) is 26.5. The molecule has 0 saturated carbocycles. The standard InChI is InChI=1S/C56H103NO3/c1-3-5-7-9-11-13-15-17-19-20-21-22-23-24-25-26-27-28-29-30-31-32-33-34-35-36-38-39-41-43-45-47-49-51-55(59)54(53-58)57-56(60)52-50-48-46-44-42-40-37-18-16-14-12-10-8-6-4-2/h6,8,12,14,18,37,42,44,49,51,54-55,58-59H,3-5,7,9-11,13,15-17,19-36,38-41,43,45-48,50,52-53H2,1-2H3,(H,57,60)/b8-6-,14-12-,37-18-,44-42-,51-49+. The van der Waals surface area contributed by atoms with Crippen LogP contribution in [0, 0.1) is 0 Å². The van der Waals surface area contributed by atoms with Crippen molar-refractivity contribution >= 4 is 5.91 Å². The van der Waals surface area contributed by atoms with E-state index in [1.165, 1.54) is 193 Å². The summed E-state index contributed by atoms with van der Waals surface area (Å²) >= 11 is 0. The molecule has 0 bridgehead atoms. The second kappa shape index (κ2) is 51.4. The Morgan fingerprint density at radius 3 is 1.10 bits per heavy atom. The molecule has 0 spiro atoms. The highest BCUT2D eigenvalue weighted by Crippen LogP contribution is 2.17. The van der Waals surface area contributed by atoms with Crippen molar-refractivity contribution in [2.75, 3.05) is 6.61 Å². The monoisotopic (exact) mass is 838 g/mol. The first-order valence-electron chi connectivity index (χ1n) is 26.5. The summed E-state index contributed by atoms with van der Waals surface area (Å²) in [5, 5.41) is 23.1. The molecule has 1 amide bonds. The maximum atomic E-state index is 12.4. The quantitative estimate of drug-likeness (QED) is 0.0422. The first-order chi connectivity index (χ1) is 29.7. The van der Waals surface area contributed by atoms with E-state index >= 15 is 0 Å². The molecule has 0 saturated heterocycles. The number of carbonyl (C=O) groups is 1. The summed E-state index contributed by atoms with van der Waals surface area (Å²) in [5.41, 5.74) is 0. The van der Waals surface area contributed by atoms with Crippen LogP contribution in [0.2, 0.25) is 0 Å². The van der Waals surface area contributed by atoms with Gasteiger partial charge in [0.1, 0.15) is 0 Å². The van der Waals surface area contributed by atoms with Crippen molar-refractivity contribution < 1.29 is 15.0 Å². The summed E-state index contributed by atoms with van der Waals surface area (Å²) in [5.74, 6) is -0.104. The molecule has 0 heterocycles. The minimum atomic E-state index is -0.859. The number of allylic oxidation sites excluding steroid dienone is 9. The molecule has 0 aromatic rings. The number of rotatable bonds is 48. The topological polar surface area (TPSA) is 69.6 Å². The predicted molar refractivity (Wildman–Crippen MR) is 267 cm³/mol. The van der Waals surface area contributed by atoms with Gasteiger partial charge in [-0.15, -0.1) is 0 Å². The van der Waals surface area contributed by atoms with Gasteiger partial charge in [-0.1, -0.05) is 267 Å². The lowest BCUT2D eigenvalue weighted by Crippen LogP contribution is -2.45. The van der Waals surface area contributed by atoms with E-state index in [4.69, 9.17) is 0 Å². The molecule has 0 aliphatic carbocycles. The normalized spacial score (nSPS) is 13.3. The molecule has 4 nitrogen and oxygen atoms in total. The third-order valence-corrected chi connectivity index (χ3v) is 12.0. The zero-order valence-corrected chi connectivity index (χ0v) is 40.2. The number of carbonyl (C=O) groups excluding carboxylic acids is 1. The fraction of sp³-hybridized carbons (Fsp3) is 0.804. The second-order valence-electron chi connectivity index (χ2n) is 17.9. The Bertz CT molecular complexity index is 996. The van der Waals surface area contributed by atoms with Crippen molar-refractivity contribution in [3.8, 4) is 0 Å². The molecule has 0 aliphatic rings. The van der Waals surface area contributed by atoms with Gasteiger partial charge >= 0.3 is 0 Å². The van der Waals surface area contributed by atoms with Gasteiger partial charge in [-0.25, -0.2) is 0 Å². The molecule has 2 unspecified atom stereocenters. The number of unbranched alkanes of at least 4 members (excludes halogenated alkanes) is 33. The molecular formula is C56H103NO3. The Morgan fingerprint density at radius 1 is 0.417 bits per heavy atom. The fourth-order valence-corrected chi connectivity index (χ4v) is 7.99. The van der Waals surface area contributed by atoms with E-state index in [1.807, 2.05) is 6.08 Å². The number of hydrogen-bond acceptors (Lipinski definition) is 3. The van der Waals surface area contributed by atoms with E-state index in [1.54, 1.807) is 6.08 Å². The lowest BCUT2D eigenvalue weighted by atomic mass is 10.0. The van der Waals surface area contributed by atoms with Crippen LogP contribution in [0.5, 0.6) is 0 Å². The van der Waals surface area contributed by atoms with Crippen LogP contribution in [-0.2, 0) is 4.79 Å². The summed E-state index contributed by atoms with van der Waals surface area (Å²) in [6, 6.07) is -0.647. The minimum Gasteiger partial charge on any atom is -0.394 e. The van der Waals surface area contributed by atoms with Gasteiger partial charge in [0.25, 0.3) is 0 Å². The van der Waals surface area contributed by atoms with Crippen LogP contribution in [0.25, 0.3) is 0 Å². The van der Waals surface area contributed by atoms with Crippen molar-refractivity contribution in [2.45, 2.75) is 283 Å². The second-order valence-corrected chi connectivity index (χ2v) is 17.9. The zero-order chi connectivity index (χ0) is 43.5. The summed E-state index contributed by atoms with van der Waals surface area (Å²) < 4.78 is 0. The molecule has 3 N–H and O–H groups in total. The number of hydrogen-bond donors (Lipinski definition) is 3. The number of nitrogens with one attached hydrogen (secondary N) is 1. The molecule has 350 valence electrons. The number of aliphatic hydroxyl groups excluding tert-OH is 2. The molecule has 0 rings (SSSR count). The molecule has 0 fully saturated rings. The van der Waals surface area contributed by atoms with Crippen molar-refractivity contribution in [1.29, 1.82) is 0 Å². The molecule has 0 aromatic carbocycles. The van der Waals surface area contributed by atoms with Gasteiger partial charge in [-0.2, -0.15) is 0 Å². The van der Waals surface area contributed by atoms with E-state index in [9.17, 15) is 15.0 Å². The Morgan fingerprint density at radius 2 is 0.733 bits per heavy atom. The Labute approximate surface area is 375 Å². The van der Waals surface area contributed by atoms with Gasteiger partial charge in [-0.05, 0) is 57.8 Å². The molecule has 0 radical (unpaired) electrons. The van der Waals surface area contributed by atoms with Gasteiger partial charge in [0.05, 0.1) is 18.8 Å². The van der Waals surface area contributed by atoms with E-state index in [0.717, 1.165) is 57.8 Å². The summed E-state index contributed by atoms with van der Waals surface area (Å²) in [6.45, 7) is 4.19. The van der Waals surface area contributed by atoms with Gasteiger partial charge in [0.15, 0.2) is 0 Å². The lowest BCUT2D eigenvalue weighted by Gasteiger charge is -2.19. The Balaban J connectivity index is 3.48. The maximum absolute atomic E-state index is 12.4. The smallest absolute Gasteiger partial charge is 0.220 e. The molecule has 4 heteroatoms.